The molecule has 0 nitrogen and oxygen atoms in total. The molecule has 64 aliphatic rings. The van der Waals surface area contributed by atoms with Gasteiger partial charge in [-0.15, -0.1) is 0 Å². The topological polar surface area (TPSA) is 0 Å². The normalized spacial score (nSPS) is 127. The van der Waals surface area contributed by atoms with Gasteiger partial charge in [0.25, 0.3) is 0 Å². The molecular weight excluding hydrogens is 1240 g/mol. The molecule has 0 bridgehead atoms. The fourth-order valence-electron chi connectivity index (χ4n) is 95.8. The molecule has 98 unspecified atom stereocenters. The molecule has 0 heterocycles. The van der Waals surface area contributed by atoms with Crippen molar-refractivity contribution in [2.45, 2.75) is 25.7 Å². The monoisotopic (exact) mass is 1320 g/mol. The van der Waals surface area contributed by atoms with Crippen molar-refractivity contribution in [1.29, 1.82) is 0 Å². The predicted molar refractivity (Wildman–Crippen MR) is 335 cm³/mol. The highest BCUT2D eigenvalue weighted by Gasteiger charge is 3.48. The van der Waals surface area contributed by atoms with Gasteiger partial charge in [-0.1, -0.05) is 0 Å². The van der Waals surface area contributed by atoms with E-state index in [4.69, 9.17) is 0 Å². The van der Waals surface area contributed by atoms with Crippen molar-refractivity contribution in [3.05, 3.63) is 0 Å². The average molecular weight is 1320 g/mol. The average Bonchev–Trinajstić information content (AvgIpc) is 1.42. The predicted octanol–water partition coefficient (Wildman–Crippen LogP) is 10.4. The van der Waals surface area contributed by atoms with Crippen molar-refractivity contribution in [2.24, 2.45) is 572 Å². The number of hydrogen-bond donors (Lipinski definition) is 0. The third kappa shape index (κ3) is 1.29. The summed E-state index contributed by atoms with van der Waals surface area (Å²) in [5.74, 6) is 99.7. The van der Waals surface area contributed by atoms with Crippen LogP contribution in [-0.2, 0) is 0 Å². The first-order valence-electron chi connectivity index (χ1n) is 51.3. The first kappa shape index (κ1) is 38.9. The van der Waals surface area contributed by atoms with Gasteiger partial charge in [0.2, 0.25) is 0 Å². The van der Waals surface area contributed by atoms with Gasteiger partial charge in [-0.3, -0.25) is 0 Å². The molecule has 103 heavy (non-hydrogen) atoms. The lowest BCUT2D eigenvalue weighted by atomic mass is 8.60. The molecule has 492 valence electrons. The number of fused-ring (bicyclic) bond motifs is 36. The SMILES string of the molecule is C1C2CC3C4C5C6C7C8C9C%10C%11C%12C%13C%14C%15C%16C%17C%18C%19C%20C%21C%22C%23CC%24C%25C%26CC%27C%28C%29C%30C%31C%32C(C%31C%30C%29C%28[C@@H]%27%26)C%26C%32C%27C%26C%26C%27C%27C%28C%29C%30C%31C1C1C%32C2C32C%323C%32C%33C%34C%35%36C%37C%38C%39C%40C%41C%42C%43(C%44C%45C%46C%47C%48C%49C%50C%51C%25C%24%23C%22%51C%21%50C%20%49C%19%48C%18%47C%17%46C%16%45C%15%44C%14%43C%13%42C%12%41C%11%40C%10%39C9%38C8%37C7%35C6%34C5%33C4%322)C%26%27C%28C%29%36C%30C%3113. The highest BCUT2D eigenvalue weighted by molar-refractivity contribution is 5.93. The summed E-state index contributed by atoms with van der Waals surface area (Å²) < 4.78 is 0. The van der Waals surface area contributed by atoms with Crippen molar-refractivity contribution >= 4 is 0 Å². The quantitative estimate of drug-likeness (QED) is 0.227. The van der Waals surface area contributed by atoms with Gasteiger partial charge in [0.15, 0.2) is 0 Å². The molecule has 0 radical (unpaired) electrons. The van der Waals surface area contributed by atoms with E-state index in [0.29, 0.717) is 0 Å². The van der Waals surface area contributed by atoms with Crippen molar-refractivity contribution in [2.75, 3.05) is 0 Å². The first-order valence-corrected chi connectivity index (χ1v) is 51.3. The lowest BCUT2D eigenvalue weighted by molar-refractivity contribution is -0.979. The van der Waals surface area contributed by atoms with Gasteiger partial charge in [0.1, 0.15) is 0 Å². The molecule has 0 aliphatic heterocycles. The molecule has 27 spiro atoms. The van der Waals surface area contributed by atoms with Crippen LogP contribution in [0.15, 0.2) is 0 Å². The first-order chi connectivity index (χ1) is 51.3. The molecule has 0 amide bonds. The van der Waals surface area contributed by atoms with Crippen molar-refractivity contribution in [1.82, 2.24) is 0 Å². The maximum absolute atomic E-state index is 1.90. The molecule has 64 fully saturated rings. The molecule has 0 aromatic carbocycles. The minimum atomic E-state index is 0.996. The van der Waals surface area contributed by atoms with Crippen LogP contribution in [0.1, 0.15) is 25.7 Å². The van der Waals surface area contributed by atoms with E-state index >= 15 is 0 Å². The standard InChI is InChI=1S/C103H80/c1-5-2-11-35-42-57-64-58-54-50-51-55-60-65-59-53-49-48-46-44-41-34-10-4-9-13-6-3-7-12(6)15-14(7)16-17(15)19-18(16)20-21(19)23-22(20)24-25(23)27-26(24)28-36(27)79-37(28)30-38-29-32-8(1)33-40-31(5)81(11)94(40)75-69-76-99(57,93(42,69)95(35,75)81)103(64)98(58)74(101(76,103)80(38,71(30)79)70(29)78(32,33)94)68-63-62-67-73-97(60,91(55,67)88(51,62)89(50,63)92(54,68)98)102(65)96(59)72(100(73,79)102)66-61-56-52-47-45-43-39(13)77(9,10)82(34,43)83(41,45)84(44,47)85(46,52)86(48,56)87(49,61)90(53,66)96/h5-76H,1-4H2/t5?,6?,7?,8?,9?,10?,11?,12-,13?,14?,15?,16?,17?,18?,19?,20?,21?,22?,23?,24?,25?,26?,27?,28?,29?,30?,31?,32?,33?,34?,35?,36?,37?,38?,39?,40?,41?,42?,43?,44?,45?,46?,47?,48?,49?,50?,51?,52?,53?,54?,55?,56?,57?,58?,59?,60?,61?,62?,63?,64?,65?,66?,67?,68?,69?,70?,71?,72?,73?,74?,75?,76?,77?,78?,79?,80?,81?,82?,83?,84?,85?,86?,87?,88?,89?,90?,91?,92?,93?,94?,95?,96?,97?,98?,99?,100?,101?,102?,103?/m1/s1. The van der Waals surface area contributed by atoms with E-state index in [-0.39, 0.29) is 0 Å². The van der Waals surface area contributed by atoms with Crippen molar-refractivity contribution in [3.63, 3.8) is 0 Å². The Labute approximate surface area is 594 Å². The molecule has 0 heteroatoms. The zero-order chi connectivity index (χ0) is 57.9. The van der Waals surface area contributed by atoms with Gasteiger partial charge >= 0.3 is 0 Å². The molecule has 0 aromatic heterocycles. The van der Waals surface area contributed by atoms with E-state index in [9.17, 15) is 0 Å². The van der Waals surface area contributed by atoms with Crippen molar-refractivity contribution < 1.29 is 0 Å². The fraction of sp³-hybridized carbons (Fsp3) is 1.00. The molecule has 64 rings (SSSR count). The van der Waals surface area contributed by atoms with E-state index in [1.807, 2.05) is 25.7 Å². The van der Waals surface area contributed by atoms with Crippen LogP contribution in [0.5, 0.6) is 0 Å². The Balaban J connectivity index is 0.511. The van der Waals surface area contributed by atoms with Crippen LogP contribution in [0.25, 0.3) is 0 Å². The van der Waals surface area contributed by atoms with Crippen molar-refractivity contribution in [3.8, 4) is 0 Å². The van der Waals surface area contributed by atoms with Gasteiger partial charge in [0.05, 0.1) is 0 Å². The minimum Gasteiger partial charge on any atom is -0.0467 e. The largest absolute Gasteiger partial charge is 0.0467 e. The lowest BCUT2D eigenvalue weighted by Crippen LogP contribution is -3.41. The van der Waals surface area contributed by atoms with E-state index in [1.165, 1.54) is 426 Å². The van der Waals surface area contributed by atoms with Crippen LogP contribution in [0.4, 0.5) is 0 Å². The van der Waals surface area contributed by atoms with Crippen LogP contribution in [0.3, 0.4) is 0 Å². The summed E-state index contributed by atoms with van der Waals surface area (Å²) in [5, 5.41) is 0. The molecule has 64 aliphatic carbocycles. The van der Waals surface area contributed by atoms with Crippen LogP contribution in [-0.4, -0.2) is 0 Å². The Kier molecular flexibility index (Phi) is 2.69. The smallest absolute Gasteiger partial charge is 0.00591 e. The molecular formula is C103H80. The summed E-state index contributed by atoms with van der Waals surface area (Å²) in [6.07, 6.45) is 7.49. The van der Waals surface area contributed by atoms with Gasteiger partial charge in [0, 0.05) is 0 Å². The van der Waals surface area contributed by atoms with Gasteiger partial charge in [-0.05, 0) is 598 Å². The Morgan fingerprint density at radius 2 is 0.515 bits per heavy atom. The number of hydrogen-bond acceptors (Lipinski definition) is 0. The van der Waals surface area contributed by atoms with E-state index in [1.54, 1.807) is 0 Å². The third-order valence-corrected chi connectivity index (χ3v) is 80.9. The lowest BCUT2D eigenvalue weighted by Gasteiger charge is -3.43. The van der Waals surface area contributed by atoms with Gasteiger partial charge in [-0.25, -0.2) is 0 Å². The highest BCUT2D eigenvalue weighted by Crippen LogP contribution is 3.50. The Morgan fingerprint density at radius 1 is 0.126 bits per heavy atom. The summed E-state index contributed by atoms with van der Waals surface area (Å²) in [7, 11) is 0. The molecule has 0 N–H and O–H groups in total. The Hall–Kier alpha value is 0. The maximum atomic E-state index is 1.90. The van der Waals surface area contributed by atoms with Crippen LogP contribution < -0.4 is 0 Å². The van der Waals surface area contributed by atoms with E-state index in [2.05, 4.69) is 0 Å². The minimum absolute atomic E-state index is 0.996. The van der Waals surface area contributed by atoms with Crippen LogP contribution in [0, 0.1) is 572 Å². The second-order valence-electron chi connectivity index (χ2n) is 63.9. The molecule has 0 saturated heterocycles. The molecule has 99 atom stereocenters. The van der Waals surface area contributed by atoms with Gasteiger partial charge < -0.3 is 0 Å². The summed E-state index contributed by atoms with van der Waals surface area (Å²) >= 11 is 0. The Bertz CT molecular complexity index is 6550. The molecule has 64 saturated carbocycles. The van der Waals surface area contributed by atoms with Gasteiger partial charge in [-0.2, -0.15) is 0 Å². The van der Waals surface area contributed by atoms with E-state index in [0.717, 1.165) is 146 Å². The zero-order valence-corrected chi connectivity index (χ0v) is 57.9. The third-order valence-electron chi connectivity index (χ3n) is 80.9. The second-order valence-corrected chi connectivity index (χ2v) is 63.9. The summed E-state index contributed by atoms with van der Waals surface area (Å²) in [6, 6.07) is 0. The maximum Gasteiger partial charge on any atom is -0.00591 e. The fourth-order valence-corrected chi connectivity index (χ4v) is 95.8. The summed E-state index contributed by atoms with van der Waals surface area (Å²) in [6.45, 7) is 0. The Morgan fingerprint density at radius 3 is 1.11 bits per heavy atom. The van der Waals surface area contributed by atoms with Crippen LogP contribution in [0.2, 0.25) is 0 Å². The molecule has 0 aromatic rings. The zero-order valence-electron chi connectivity index (χ0n) is 57.9. The highest BCUT2D eigenvalue weighted by atomic mass is 15.5. The van der Waals surface area contributed by atoms with E-state index < -0.39 is 0 Å². The number of rotatable bonds is 0. The van der Waals surface area contributed by atoms with Crippen LogP contribution >= 0.6 is 0 Å². The summed E-state index contributed by atoms with van der Waals surface area (Å²) in [5.41, 5.74) is 28.6. The summed E-state index contributed by atoms with van der Waals surface area (Å²) in [4.78, 5) is 0. The second kappa shape index (κ2) is 7.13.